The Morgan fingerprint density at radius 1 is 1.00 bits per heavy atom. The monoisotopic (exact) mass is 342 g/mol. The predicted octanol–water partition coefficient (Wildman–Crippen LogP) is 3.82. The van der Waals surface area contributed by atoms with Crippen LogP contribution in [0.15, 0.2) is 24.3 Å². The fourth-order valence-corrected chi connectivity index (χ4v) is 4.38. The molecule has 0 aliphatic carbocycles. The van der Waals surface area contributed by atoms with Gasteiger partial charge in [0.1, 0.15) is 0 Å². The van der Waals surface area contributed by atoms with E-state index in [1.165, 1.54) is 30.7 Å². The first-order valence-electron chi connectivity index (χ1n) is 9.66. The lowest BCUT2D eigenvalue weighted by atomic mass is 9.94. The van der Waals surface area contributed by atoms with Crippen LogP contribution in [0.25, 0.3) is 0 Å². The van der Waals surface area contributed by atoms with Crippen molar-refractivity contribution in [2.75, 3.05) is 19.6 Å². The molecule has 0 spiro atoms. The quantitative estimate of drug-likeness (QED) is 0.738. The van der Waals surface area contributed by atoms with Gasteiger partial charge in [-0.15, -0.1) is 0 Å². The number of carbonyl (C=O) groups excluding carboxylic acids is 2. The Morgan fingerprint density at radius 3 is 2.20 bits per heavy atom. The number of benzene rings is 1. The van der Waals surface area contributed by atoms with Crippen molar-refractivity contribution in [3.63, 3.8) is 0 Å². The fraction of sp³-hybridized carbons (Fsp3) is 0.619. The largest absolute Gasteiger partial charge is 0.300 e. The van der Waals surface area contributed by atoms with Gasteiger partial charge in [0.05, 0.1) is 11.1 Å². The number of hydrogen-bond donors (Lipinski definition) is 0. The Balaban J connectivity index is 1.53. The van der Waals surface area contributed by atoms with Crippen LogP contribution in [0.4, 0.5) is 0 Å². The van der Waals surface area contributed by atoms with Crippen LogP contribution in [0.3, 0.4) is 0 Å². The highest BCUT2D eigenvalue weighted by atomic mass is 16.2. The van der Waals surface area contributed by atoms with Crippen LogP contribution in [0, 0.1) is 11.8 Å². The molecule has 4 nitrogen and oxygen atoms in total. The molecule has 4 heteroatoms. The second-order valence-electron chi connectivity index (χ2n) is 8.05. The molecule has 0 aromatic heterocycles. The summed E-state index contributed by atoms with van der Waals surface area (Å²) >= 11 is 0. The minimum Gasteiger partial charge on any atom is -0.300 e. The molecule has 2 aliphatic rings. The van der Waals surface area contributed by atoms with Crippen molar-refractivity contribution < 1.29 is 9.59 Å². The number of carbonyl (C=O) groups is 2. The molecule has 0 radical (unpaired) electrons. The van der Waals surface area contributed by atoms with E-state index in [-0.39, 0.29) is 11.8 Å². The zero-order valence-corrected chi connectivity index (χ0v) is 15.7. The van der Waals surface area contributed by atoms with Gasteiger partial charge in [-0.3, -0.25) is 14.5 Å². The Labute approximate surface area is 151 Å². The number of amides is 2. The molecule has 1 fully saturated rings. The van der Waals surface area contributed by atoms with Crippen molar-refractivity contribution in [3.8, 4) is 0 Å². The number of rotatable bonds is 6. The van der Waals surface area contributed by atoms with Gasteiger partial charge in [0, 0.05) is 19.1 Å². The van der Waals surface area contributed by atoms with Gasteiger partial charge in [-0.05, 0) is 56.7 Å². The summed E-state index contributed by atoms with van der Waals surface area (Å²) in [6, 6.07) is 7.82. The summed E-state index contributed by atoms with van der Waals surface area (Å²) in [6.45, 7) is 9.62. The van der Waals surface area contributed by atoms with E-state index in [1.807, 2.05) is 12.1 Å². The minimum absolute atomic E-state index is 0.134. The van der Waals surface area contributed by atoms with Gasteiger partial charge in [-0.25, -0.2) is 0 Å². The van der Waals surface area contributed by atoms with E-state index in [0.29, 0.717) is 35.5 Å². The smallest absolute Gasteiger partial charge is 0.261 e. The molecule has 3 unspecified atom stereocenters. The lowest BCUT2D eigenvalue weighted by Crippen LogP contribution is -2.41. The zero-order chi connectivity index (χ0) is 18.0. The summed E-state index contributed by atoms with van der Waals surface area (Å²) in [5.41, 5.74) is 1.10. The summed E-state index contributed by atoms with van der Waals surface area (Å²) in [5, 5.41) is 0. The summed E-state index contributed by atoms with van der Waals surface area (Å²) in [7, 11) is 0. The second-order valence-corrected chi connectivity index (χ2v) is 8.05. The van der Waals surface area contributed by atoms with Crippen LogP contribution >= 0.6 is 0 Å². The van der Waals surface area contributed by atoms with E-state index in [2.05, 4.69) is 25.7 Å². The number of likely N-dealkylation sites (tertiary alicyclic amines) is 1. The molecular weight excluding hydrogens is 312 g/mol. The molecule has 1 aromatic rings. The number of imide groups is 1. The molecule has 2 aliphatic heterocycles. The highest BCUT2D eigenvalue weighted by Gasteiger charge is 2.35. The summed E-state index contributed by atoms with van der Waals surface area (Å²) in [5.74, 6) is 0.623. The molecule has 3 atom stereocenters. The molecule has 0 bridgehead atoms. The van der Waals surface area contributed by atoms with E-state index >= 15 is 0 Å². The van der Waals surface area contributed by atoms with E-state index in [0.717, 1.165) is 13.0 Å². The molecule has 136 valence electrons. The second kappa shape index (κ2) is 7.69. The maximum atomic E-state index is 12.5. The van der Waals surface area contributed by atoms with Gasteiger partial charge in [0.2, 0.25) is 0 Å². The van der Waals surface area contributed by atoms with Crippen molar-refractivity contribution in [2.45, 2.75) is 52.5 Å². The molecule has 0 saturated carbocycles. The maximum Gasteiger partial charge on any atom is 0.261 e. The average Bonchev–Trinajstić information content (AvgIpc) is 2.82. The normalized spacial score (nSPS) is 23.6. The third kappa shape index (κ3) is 3.95. The molecule has 0 N–H and O–H groups in total. The van der Waals surface area contributed by atoms with E-state index in [1.54, 1.807) is 12.1 Å². The Bertz CT molecular complexity index is 608. The van der Waals surface area contributed by atoms with Crippen molar-refractivity contribution in [1.29, 1.82) is 0 Å². The standard InChI is InChI=1S/C21H30N2O2/c1-15(13-22-11-7-6-8-17(22)3)12-16(2)14-23-20(24)18-9-4-5-10-19(18)21(23)25/h4-5,9-10,15-17H,6-8,11-14H2,1-3H3. The van der Waals surface area contributed by atoms with Crippen LogP contribution in [0.5, 0.6) is 0 Å². The Morgan fingerprint density at radius 2 is 1.60 bits per heavy atom. The third-order valence-corrected chi connectivity index (χ3v) is 5.66. The minimum atomic E-state index is -0.134. The van der Waals surface area contributed by atoms with Crippen molar-refractivity contribution in [3.05, 3.63) is 35.4 Å². The molecule has 1 saturated heterocycles. The molecule has 25 heavy (non-hydrogen) atoms. The van der Waals surface area contributed by atoms with Gasteiger partial charge >= 0.3 is 0 Å². The Hall–Kier alpha value is -1.68. The lowest BCUT2D eigenvalue weighted by molar-refractivity contribution is 0.0621. The van der Waals surface area contributed by atoms with Gasteiger partial charge < -0.3 is 4.90 Å². The maximum absolute atomic E-state index is 12.5. The molecule has 1 aromatic carbocycles. The highest BCUT2D eigenvalue weighted by molar-refractivity contribution is 6.21. The van der Waals surface area contributed by atoms with E-state index < -0.39 is 0 Å². The SMILES string of the molecule is CC(CC(C)CN1CCCCC1C)CN1C(=O)c2ccccc2C1=O. The molecule has 2 heterocycles. The average molecular weight is 342 g/mol. The van der Waals surface area contributed by atoms with E-state index in [4.69, 9.17) is 0 Å². The van der Waals surface area contributed by atoms with Gasteiger partial charge in [0.25, 0.3) is 11.8 Å². The number of piperidine rings is 1. The first kappa shape index (κ1) is 18.1. The van der Waals surface area contributed by atoms with Crippen molar-refractivity contribution >= 4 is 11.8 Å². The first-order valence-corrected chi connectivity index (χ1v) is 9.66. The summed E-state index contributed by atoms with van der Waals surface area (Å²) < 4.78 is 0. The van der Waals surface area contributed by atoms with Crippen LogP contribution in [0.1, 0.15) is 67.2 Å². The van der Waals surface area contributed by atoms with Crippen molar-refractivity contribution in [2.24, 2.45) is 11.8 Å². The number of fused-ring (bicyclic) bond motifs is 1. The lowest BCUT2D eigenvalue weighted by Gasteiger charge is -2.35. The van der Waals surface area contributed by atoms with Gasteiger partial charge in [-0.1, -0.05) is 32.4 Å². The Kier molecular flexibility index (Phi) is 5.57. The number of nitrogens with zero attached hydrogens (tertiary/aromatic N) is 2. The molecule has 3 rings (SSSR count). The predicted molar refractivity (Wildman–Crippen MR) is 99.6 cm³/mol. The van der Waals surface area contributed by atoms with Crippen LogP contribution in [0.2, 0.25) is 0 Å². The van der Waals surface area contributed by atoms with Crippen LogP contribution < -0.4 is 0 Å². The fourth-order valence-electron chi connectivity index (χ4n) is 4.38. The zero-order valence-electron chi connectivity index (χ0n) is 15.7. The highest BCUT2D eigenvalue weighted by Crippen LogP contribution is 2.25. The van der Waals surface area contributed by atoms with Crippen LogP contribution in [-0.2, 0) is 0 Å². The summed E-state index contributed by atoms with van der Waals surface area (Å²) in [6.07, 6.45) is 5.00. The van der Waals surface area contributed by atoms with Gasteiger partial charge in [0.15, 0.2) is 0 Å². The van der Waals surface area contributed by atoms with Gasteiger partial charge in [-0.2, -0.15) is 0 Å². The first-order chi connectivity index (χ1) is 12.0. The molecule has 2 amide bonds. The van der Waals surface area contributed by atoms with Crippen LogP contribution in [-0.4, -0.2) is 47.3 Å². The van der Waals surface area contributed by atoms with Crippen molar-refractivity contribution in [1.82, 2.24) is 9.80 Å². The summed E-state index contributed by atoms with van der Waals surface area (Å²) in [4.78, 5) is 29.0. The third-order valence-electron chi connectivity index (χ3n) is 5.66. The topological polar surface area (TPSA) is 40.6 Å². The number of hydrogen-bond acceptors (Lipinski definition) is 3. The van der Waals surface area contributed by atoms with E-state index in [9.17, 15) is 9.59 Å². The molecular formula is C21H30N2O2.